The Morgan fingerprint density at radius 1 is 1.03 bits per heavy atom. The van der Waals surface area contributed by atoms with E-state index in [1.54, 1.807) is 10.9 Å². The molecule has 0 fully saturated rings. The Morgan fingerprint density at radius 3 is 2.00 bits per heavy atom. The fourth-order valence-electron chi connectivity index (χ4n) is 2.01. The van der Waals surface area contributed by atoms with E-state index in [9.17, 15) is 49.1 Å². The minimum Gasteiger partial charge on any atom is -0.405 e. The summed E-state index contributed by atoms with van der Waals surface area (Å²) in [5.74, 6) is -3.45. The van der Waals surface area contributed by atoms with E-state index in [1.807, 2.05) is 0 Å². The van der Waals surface area contributed by atoms with Gasteiger partial charge in [-0.3, -0.25) is 4.79 Å². The highest BCUT2D eigenvalue weighted by Crippen LogP contribution is 2.43. The summed E-state index contributed by atoms with van der Waals surface area (Å²) in [4.78, 5) is 23.4. The average molecular weight is 467 g/mol. The molecule has 0 aromatic heterocycles. The van der Waals surface area contributed by atoms with Crippen LogP contribution in [0.15, 0.2) is 36.7 Å². The molecule has 0 aliphatic heterocycles. The van der Waals surface area contributed by atoms with Gasteiger partial charge in [-0.1, -0.05) is 18.7 Å². The number of hydrazine groups is 1. The van der Waals surface area contributed by atoms with Crippen molar-refractivity contribution in [3.63, 3.8) is 0 Å². The van der Waals surface area contributed by atoms with E-state index in [1.165, 1.54) is 0 Å². The quantitative estimate of drug-likeness (QED) is 0.170. The van der Waals surface area contributed by atoms with Crippen LogP contribution in [0.1, 0.15) is 17.3 Å². The summed E-state index contributed by atoms with van der Waals surface area (Å²) >= 11 is 0. The number of aldehydes is 1. The Bertz CT molecular complexity index is 805. The number of halogens is 9. The Morgan fingerprint density at radius 2 is 1.55 bits per heavy atom. The third-order valence-electron chi connectivity index (χ3n) is 3.71. The van der Waals surface area contributed by atoms with Gasteiger partial charge in [-0.2, -0.15) is 26.3 Å². The lowest BCUT2D eigenvalue weighted by molar-refractivity contribution is -0.299. The fraction of sp³-hybridized carbons (Fsp3) is 0.375. The standard InChI is InChI=1S/C16H14F9N3O3/c1-8(26-13(2,14(17,18)19)15(20,21)22)27-28-10(7-29)12(30)9-5-3-4-6-11(9)31-16(23,24)25/h3-7,10,26-28H,1H2,2H3. The topological polar surface area (TPSA) is 79.5 Å². The van der Waals surface area contributed by atoms with E-state index in [4.69, 9.17) is 0 Å². The molecular formula is C16H14F9N3O3. The van der Waals surface area contributed by atoms with E-state index in [2.05, 4.69) is 11.3 Å². The number of ether oxygens (including phenoxy) is 1. The summed E-state index contributed by atoms with van der Waals surface area (Å²) in [5.41, 5.74) is -1.72. The molecule has 1 aromatic rings. The first-order valence-corrected chi connectivity index (χ1v) is 7.89. The zero-order valence-electron chi connectivity index (χ0n) is 15.3. The van der Waals surface area contributed by atoms with Crippen LogP contribution >= 0.6 is 0 Å². The van der Waals surface area contributed by atoms with Crippen LogP contribution in [0.2, 0.25) is 0 Å². The Labute approximate surface area is 168 Å². The van der Waals surface area contributed by atoms with Crippen molar-refractivity contribution in [3.8, 4) is 5.75 Å². The Hall–Kier alpha value is -2.97. The van der Waals surface area contributed by atoms with Gasteiger partial charge >= 0.3 is 18.7 Å². The number of nitrogens with one attached hydrogen (secondary N) is 3. The second kappa shape index (κ2) is 9.03. The van der Waals surface area contributed by atoms with Crippen LogP contribution in [0.4, 0.5) is 39.5 Å². The molecule has 1 rings (SSSR count). The lowest BCUT2D eigenvalue weighted by Gasteiger charge is -2.36. The van der Waals surface area contributed by atoms with Crippen molar-refractivity contribution in [2.24, 2.45) is 0 Å². The first-order valence-electron chi connectivity index (χ1n) is 7.89. The van der Waals surface area contributed by atoms with E-state index in [0.29, 0.717) is 0 Å². The second-order valence-electron chi connectivity index (χ2n) is 6.02. The zero-order valence-corrected chi connectivity index (χ0v) is 15.3. The predicted molar refractivity (Wildman–Crippen MR) is 86.4 cm³/mol. The Kier molecular flexibility index (Phi) is 7.59. The number of carbonyl (C=O) groups is 2. The summed E-state index contributed by atoms with van der Waals surface area (Å²) in [6.45, 7) is 2.67. The third kappa shape index (κ3) is 6.50. The predicted octanol–water partition coefficient (Wildman–Crippen LogP) is 3.37. The van der Waals surface area contributed by atoms with E-state index in [-0.39, 0.29) is 13.2 Å². The molecule has 1 unspecified atom stereocenters. The molecular weight excluding hydrogens is 453 g/mol. The average Bonchev–Trinajstić information content (AvgIpc) is 2.59. The van der Waals surface area contributed by atoms with Crippen LogP contribution in [0.25, 0.3) is 0 Å². The largest absolute Gasteiger partial charge is 0.573 e. The first kappa shape index (κ1) is 26.1. The smallest absolute Gasteiger partial charge is 0.405 e. The number of hydrogen-bond donors (Lipinski definition) is 3. The van der Waals surface area contributed by atoms with Gasteiger partial charge in [0.15, 0.2) is 5.78 Å². The normalized spacial score (nSPS) is 13.9. The maximum atomic E-state index is 12.9. The van der Waals surface area contributed by atoms with Crippen LogP contribution < -0.4 is 20.9 Å². The molecule has 3 N–H and O–H groups in total. The summed E-state index contributed by atoms with van der Waals surface area (Å²) in [6.07, 6.45) is -17.0. The molecule has 0 heterocycles. The van der Waals surface area contributed by atoms with Crippen molar-refractivity contribution < 1.29 is 53.8 Å². The SMILES string of the molecule is C=C(NNC(C=O)C(=O)c1ccccc1OC(F)(F)F)NC(C)(C(F)(F)F)C(F)(F)F. The molecule has 31 heavy (non-hydrogen) atoms. The number of para-hydroxylation sites is 1. The molecule has 0 amide bonds. The van der Waals surface area contributed by atoms with E-state index in [0.717, 1.165) is 29.6 Å². The number of Topliss-reactive ketones (excluding diaryl/α,β-unsaturated/α-hetero) is 1. The van der Waals surface area contributed by atoms with Gasteiger partial charge in [0, 0.05) is 0 Å². The van der Waals surface area contributed by atoms with Gasteiger partial charge in [0.25, 0.3) is 0 Å². The minimum atomic E-state index is -5.82. The molecule has 0 saturated carbocycles. The maximum absolute atomic E-state index is 12.9. The molecule has 1 aromatic carbocycles. The van der Waals surface area contributed by atoms with Gasteiger partial charge in [0.05, 0.1) is 5.56 Å². The van der Waals surface area contributed by atoms with Crippen molar-refractivity contribution in [1.82, 2.24) is 16.2 Å². The molecule has 0 saturated heterocycles. The molecule has 0 spiro atoms. The van der Waals surface area contributed by atoms with Gasteiger partial charge in [-0.25, -0.2) is 5.43 Å². The number of benzene rings is 1. The van der Waals surface area contributed by atoms with Crippen molar-refractivity contribution in [2.75, 3.05) is 0 Å². The molecule has 1 atom stereocenters. The number of alkyl halides is 9. The van der Waals surface area contributed by atoms with E-state index >= 15 is 0 Å². The van der Waals surface area contributed by atoms with Crippen molar-refractivity contribution in [3.05, 3.63) is 42.2 Å². The third-order valence-corrected chi connectivity index (χ3v) is 3.71. The van der Waals surface area contributed by atoms with Crippen LogP contribution in [-0.2, 0) is 4.79 Å². The highest BCUT2D eigenvalue weighted by Gasteiger charge is 2.68. The minimum absolute atomic E-state index is 0.153. The number of hydrogen-bond acceptors (Lipinski definition) is 6. The molecule has 0 radical (unpaired) electrons. The van der Waals surface area contributed by atoms with Crippen molar-refractivity contribution in [2.45, 2.75) is 37.2 Å². The maximum Gasteiger partial charge on any atom is 0.573 e. The molecule has 6 nitrogen and oxygen atoms in total. The van der Waals surface area contributed by atoms with Crippen LogP contribution in [0.3, 0.4) is 0 Å². The fourth-order valence-corrected chi connectivity index (χ4v) is 2.01. The van der Waals surface area contributed by atoms with Gasteiger partial charge < -0.3 is 20.3 Å². The summed E-state index contributed by atoms with van der Waals surface area (Å²) in [6, 6.07) is 1.80. The van der Waals surface area contributed by atoms with E-state index < -0.39 is 53.2 Å². The molecule has 0 aliphatic carbocycles. The van der Waals surface area contributed by atoms with Gasteiger partial charge in [0.2, 0.25) is 5.54 Å². The summed E-state index contributed by atoms with van der Waals surface area (Å²) < 4.78 is 118. The monoisotopic (exact) mass is 467 g/mol. The Balaban J connectivity index is 2.97. The lowest BCUT2D eigenvalue weighted by atomic mass is 10.0. The van der Waals surface area contributed by atoms with Gasteiger partial charge in [-0.05, 0) is 19.1 Å². The summed E-state index contributed by atoms with van der Waals surface area (Å²) in [5, 5.41) is 1.06. The van der Waals surface area contributed by atoms with Crippen LogP contribution in [0, 0.1) is 0 Å². The molecule has 0 aliphatic rings. The summed E-state index contributed by atoms with van der Waals surface area (Å²) in [7, 11) is 0. The van der Waals surface area contributed by atoms with Crippen LogP contribution in [0.5, 0.6) is 5.75 Å². The lowest BCUT2D eigenvalue weighted by Crippen LogP contribution is -2.65. The number of rotatable bonds is 9. The van der Waals surface area contributed by atoms with Gasteiger partial charge in [0.1, 0.15) is 23.9 Å². The highest BCUT2D eigenvalue weighted by molar-refractivity contribution is 6.10. The highest BCUT2D eigenvalue weighted by atomic mass is 19.4. The molecule has 0 bridgehead atoms. The molecule has 174 valence electrons. The second-order valence-corrected chi connectivity index (χ2v) is 6.02. The number of ketones is 1. The van der Waals surface area contributed by atoms with Crippen molar-refractivity contribution >= 4 is 12.1 Å². The van der Waals surface area contributed by atoms with Gasteiger partial charge in [-0.15, -0.1) is 13.2 Å². The zero-order chi connectivity index (χ0) is 24.3. The first-order chi connectivity index (χ1) is 13.9. The number of carbonyl (C=O) groups excluding carboxylic acids is 2. The van der Waals surface area contributed by atoms with Crippen LogP contribution in [-0.4, -0.2) is 42.4 Å². The van der Waals surface area contributed by atoms with Crippen molar-refractivity contribution in [1.29, 1.82) is 0 Å². The molecule has 15 heteroatoms.